The molecule has 1 aromatic heterocycles. The summed E-state index contributed by atoms with van der Waals surface area (Å²) in [7, 11) is -2.87. The molecule has 2 heterocycles. The standard InChI is InChI=1S/C9H14N4O2S/c1-6-4-8(13-9(10)11-6)12-7-2-3-16(14,15)5-7/h4,7H,2-3,5H2,1H3,(H3,10,11,12,13). The molecule has 1 aliphatic heterocycles. The maximum absolute atomic E-state index is 11.3. The van der Waals surface area contributed by atoms with Crippen molar-refractivity contribution in [2.24, 2.45) is 0 Å². The quantitative estimate of drug-likeness (QED) is 0.755. The minimum absolute atomic E-state index is 0.0706. The van der Waals surface area contributed by atoms with E-state index in [0.29, 0.717) is 12.2 Å². The van der Waals surface area contributed by atoms with Crippen molar-refractivity contribution in [1.29, 1.82) is 0 Å². The Balaban J connectivity index is 2.10. The molecule has 1 unspecified atom stereocenters. The van der Waals surface area contributed by atoms with Gasteiger partial charge in [-0.05, 0) is 13.3 Å². The Morgan fingerprint density at radius 2 is 2.25 bits per heavy atom. The summed E-state index contributed by atoms with van der Waals surface area (Å²) in [5.41, 5.74) is 6.27. The average molecular weight is 242 g/mol. The summed E-state index contributed by atoms with van der Waals surface area (Å²) in [6.45, 7) is 1.81. The van der Waals surface area contributed by atoms with Crippen LogP contribution < -0.4 is 11.1 Å². The molecule has 0 bridgehead atoms. The average Bonchev–Trinajstić information content (AvgIpc) is 2.43. The van der Waals surface area contributed by atoms with E-state index in [9.17, 15) is 8.42 Å². The van der Waals surface area contributed by atoms with Crippen LogP contribution in [-0.2, 0) is 9.84 Å². The van der Waals surface area contributed by atoms with Crippen LogP contribution in [0.15, 0.2) is 6.07 Å². The van der Waals surface area contributed by atoms with Crippen LogP contribution in [0.3, 0.4) is 0 Å². The summed E-state index contributed by atoms with van der Waals surface area (Å²) in [4.78, 5) is 7.95. The van der Waals surface area contributed by atoms with Crippen molar-refractivity contribution in [2.75, 3.05) is 22.6 Å². The van der Waals surface area contributed by atoms with Crippen LogP contribution in [-0.4, -0.2) is 35.9 Å². The van der Waals surface area contributed by atoms with Gasteiger partial charge >= 0.3 is 0 Å². The van der Waals surface area contributed by atoms with Crippen molar-refractivity contribution in [3.8, 4) is 0 Å². The van der Waals surface area contributed by atoms with Gasteiger partial charge in [-0.2, -0.15) is 4.98 Å². The maximum Gasteiger partial charge on any atom is 0.222 e. The molecule has 1 aromatic rings. The molecule has 0 amide bonds. The van der Waals surface area contributed by atoms with Gasteiger partial charge in [0.05, 0.1) is 11.5 Å². The SMILES string of the molecule is Cc1cc(NC2CCS(=O)(=O)C2)nc(N)n1. The summed E-state index contributed by atoms with van der Waals surface area (Å²) in [6.07, 6.45) is 0.616. The topological polar surface area (TPSA) is 98.0 Å². The number of anilines is 2. The molecule has 7 heteroatoms. The predicted octanol–water partition coefficient (Wildman–Crippen LogP) is -0.0338. The number of hydrogen-bond acceptors (Lipinski definition) is 6. The van der Waals surface area contributed by atoms with Gasteiger partial charge in [-0.1, -0.05) is 0 Å². The third-order valence-electron chi connectivity index (χ3n) is 2.46. The minimum Gasteiger partial charge on any atom is -0.368 e. The molecule has 0 radical (unpaired) electrons. The monoisotopic (exact) mass is 242 g/mol. The molecule has 0 saturated carbocycles. The van der Waals surface area contributed by atoms with E-state index in [1.165, 1.54) is 0 Å². The van der Waals surface area contributed by atoms with Crippen LogP contribution in [0, 0.1) is 6.92 Å². The molecule has 0 spiro atoms. The van der Waals surface area contributed by atoms with E-state index >= 15 is 0 Å². The van der Waals surface area contributed by atoms with Crippen molar-refractivity contribution in [1.82, 2.24) is 9.97 Å². The van der Waals surface area contributed by atoms with Gasteiger partial charge in [0.2, 0.25) is 5.95 Å². The van der Waals surface area contributed by atoms with Gasteiger partial charge in [0.15, 0.2) is 9.84 Å². The van der Waals surface area contributed by atoms with E-state index in [1.54, 1.807) is 6.07 Å². The lowest BCUT2D eigenvalue weighted by Crippen LogP contribution is -2.21. The number of nitrogens with one attached hydrogen (secondary N) is 1. The number of aromatic nitrogens is 2. The fraction of sp³-hybridized carbons (Fsp3) is 0.556. The van der Waals surface area contributed by atoms with E-state index < -0.39 is 9.84 Å². The Bertz CT molecular complexity index is 480. The zero-order valence-electron chi connectivity index (χ0n) is 8.97. The molecule has 0 aliphatic carbocycles. The summed E-state index contributed by atoms with van der Waals surface area (Å²) in [6, 6.07) is 1.68. The highest BCUT2D eigenvalue weighted by molar-refractivity contribution is 7.91. The first-order chi connectivity index (χ1) is 7.44. The molecular weight excluding hydrogens is 228 g/mol. The Morgan fingerprint density at radius 1 is 1.50 bits per heavy atom. The first kappa shape index (κ1) is 11.1. The van der Waals surface area contributed by atoms with Gasteiger partial charge in [0.1, 0.15) is 5.82 Å². The molecule has 1 saturated heterocycles. The molecule has 1 atom stereocenters. The highest BCUT2D eigenvalue weighted by Crippen LogP contribution is 2.16. The van der Waals surface area contributed by atoms with Crippen molar-refractivity contribution in [3.63, 3.8) is 0 Å². The number of nitrogen functional groups attached to an aromatic ring is 1. The highest BCUT2D eigenvalue weighted by Gasteiger charge is 2.27. The lowest BCUT2D eigenvalue weighted by Gasteiger charge is -2.11. The number of rotatable bonds is 2. The third kappa shape index (κ3) is 2.60. The largest absolute Gasteiger partial charge is 0.368 e. The zero-order valence-corrected chi connectivity index (χ0v) is 9.79. The van der Waals surface area contributed by atoms with E-state index in [0.717, 1.165) is 5.69 Å². The second-order valence-corrected chi connectivity index (χ2v) is 6.23. The van der Waals surface area contributed by atoms with Crippen LogP contribution in [0.25, 0.3) is 0 Å². The maximum atomic E-state index is 11.3. The van der Waals surface area contributed by atoms with Gasteiger partial charge in [-0.3, -0.25) is 0 Å². The Hall–Kier alpha value is -1.37. The first-order valence-corrected chi connectivity index (χ1v) is 6.85. The van der Waals surface area contributed by atoms with Crippen molar-refractivity contribution in [3.05, 3.63) is 11.8 Å². The Morgan fingerprint density at radius 3 is 2.81 bits per heavy atom. The summed E-state index contributed by atoms with van der Waals surface area (Å²) >= 11 is 0. The Kier molecular flexibility index (Phi) is 2.71. The minimum atomic E-state index is -2.87. The Labute approximate surface area is 94.2 Å². The zero-order chi connectivity index (χ0) is 11.8. The molecule has 88 valence electrons. The van der Waals surface area contributed by atoms with Crippen molar-refractivity contribution < 1.29 is 8.42 Å². The molecule has 1 fully saturated rings. The third-order valence-corrected chi connectivity index (χ3v) is 4.22. The smallest absolute Gasteiger partial charge is 0.222 e. The van der Waals surface area contributed by atoms with E-state index in [4.69, 9.17) is 5.73 Å². The normalized spacial score (nSPS) is 23.2. The fourth-order valence-electron chi connectivity index (χ4n) is 1.78. The van der Waals surface area contributed by atoms with Gasteiger partial charge in [-0.15, -0.1) is 0 Å². The number of nitrogens with zero attached hydrogens (tertiary/aromatic N) is 2. The summed E-state index contributed by atoms with van der Waals surface area (Å²) in [5, 5.41) is 3.07. The van der Waals surface area contributed by atoms with E-state index in [-0.39, 0.29) is 23.5 Å². The van der Waals surface area contributed by atoms with Gasteiger partial charge in [0.25, 0.3) is 0 Å². The number of nitrogens with two attached hydrogens (primary N) is 1. The lowest BCUT2D eigenvalue weighted by molar-refractivity contribution is 0.602. The van der Waals surface area contributed by atoms with Gasteiger partial charge in [0, 0.05) is 17.8 Å². The number of hydrogen-bond donors (Lipinski definition) is 2. The van der Waals surface area contributed by atoms with Gasteiger partial charge < -0.3 is 11.1 Å². The molecule has 16 heavy (non-hydrogen) atoms. The van der Waals surface area contributed by atoms with Crippen molar-refractivity contribution in [2.45, 2.75) is 19.4 Å². The predicted molar refractivity (Wildman–Crippen MR) is 61.9 cm³/mol. The second-order valence-electron chi connectivity index (χ2n) is 4.00. The lowest BCUT2D eigenvalue weighted by atomic mass is 10.2. The van der Waals surface area contributed by atoms with Crippen LogP contribution in [0.1, 0.15) is 12.1 Å². The molecule has 1 aliphatic rings. The van der Waals surface area contributed by atoms with Crippen LogP contribution >= 0.6 is 0 Å². The van der Waals surface area contributed by atoms with Crippen LogP contribution in [0.5, 0.6) is 0 Å². The molecule has 0 aromatic carbocycles. The molecule has 2 rings (SSSR count). The molecular formula is C9H14N4O2S. The summed E-state index contributed by atoms with van der Waals surface area (Å²) < 4.78 is 22.5. The molecule has 3 N–H and O–H groups in total. The van der Waals surface area contributed by atoms with E-state index in [1.807, 2.05) is 6.92 Å². The fourth-order valence-corrected chi connectivity index (χ4v) is 3.46. The second kappa shape index (κ2) is 3.89. The summed E-state index contributed by atoms with van der Waals surface area (Å²) in [5.74, 6) is 1.19. The van der Waals surface area contributed by atoms with E-state index in [2.05, 4.69) is 15.3 Å². The highest BCUT2D eigenvalue weighted by atomic mass is 32.2. The van der Waals surface area contributed by atoms with Crippen LogP contribution in [0.2, 0.25) is 0 Å². The van der Waals surface area contributed by atoms with Crippen molar-refractivity contribution >= 4 is 21.6 Å². The number of aryl methyl sites for hydroxylation is 1. The molecule has 6 nitrogen and oxygen atoms in total. The number of sulfone groups is 1. The first-order valence-electron chi connectivity index (χ1n) is 5.03. The van der Waals surface area contributed by atoms with Crippen LogP contribution in [0.4, 0.5) is 11.8 Å². The van der Waals surface area contributed by atoms with Gasteiger partial charge in [-0.25, -0.2) is 13.4 Å².